The van der Waals surface area contributed by atoms with Crippen molar-refractivity contribution in [3.05, 3.63) is 89.6 Å². The molecule has 2 aliphatic heterocycles. The smallest absolute Gasteiger partial charge is 0.133 e. The summed E-state index contributed by atoms with van der Waals surface area (Å²) in [5, 5.41) is 3.17. The van der Waals surface area contributed by atoms with Crippen LogP contribution in [0.3, 0.4) is 0 Å². The van der Waals surface area contributed by atoms with Crippen molar-refractivity contribution in [1.29, 1.82) is 0 Å². The first-order chi connectivity index (χ1) is 15.1. The van der Waals surface area contributed by atoms with Crippen molar-refractivity contribution >= 4 is 16.7 Å². The third-order valence-corrected chi connectivity index (χ3v) is 5.95. The number of hydrogen-bond donors (Lipinski definition) is 1. The summed E-state index contributed by atoms with van der Waals surface area (Å²) in [5.41, 5.74) is 8.89. The van der Waals surface area contributed by atoms with Crippen molar-refractivity contribution < 1.29 is 8.81 Å². The van der Waals surface area contributed by atoms with Crippen LogP contribution in [-0.4, -0.2) is 54.6 Å². The van der Waals surface area contributed by atoms with E-state index in [9.17, 15) is 4.39 Å². The van der Waals surface area contributed by atoms with Gasteiger partial charge in [-0.05, 0) is 60.7 Å². The fraction of sp³-hybridized carbons (Fsp3) is 0.280. The summed E-state index contributed by atoms with van der Waals surface area (Å²) in [6.07, 6.45) is 6.12. The molecular weight excluding hydrogens is 391 g/mol. The summed E-state index contributed by atoms with van der Waals surface area (Å²) in [4.78, 5) is 4.87. The van der Waals surface area contributed by atoms with Crippen LogP contribution in [0.1, 0.15) is 11.1 Å². The molecule has 5 nitrogen and oxygen atoms in total. The van der Waals surface area contributed by atoms with Crippen molar-refractivity contribution in [3.8, 4) is 0 Å². The summed E-state index contributed by atoms with van der Waals surface area (Å²) in [5.74, 6) is -0.212. The molecule has 6 heteroatoms. The van der Waals surface area contributed by atoms with Gasteiger partial charge < -0.3 is 9.32 Å². The van der Waals surface area contributed by atoms with Crippen LogP contribution >= 0.6 is 0 Å². The van der Waals surface area contributed by atoms with Crippen molar-refractivity contribution in [2.24, 2.45) is 0 Å². The number of nitrogens with zero attached hydrogens (tertiary/aromatic N) is 3. The monoisotopic (exact) mass is 418 g/mol. The van der Waals surface area contributed by atoms with Gasteiger partial charge in [0.1, 0.15) is 11.4 Å². The Bertz CT molecular complexity index is 1110. The highest BCUT2D eigenvalue weighted by atomic mass is 19.1. The van der Waals surface area contributed by atoms with Gasteiger partial charge in [0.2, 0.25) is 0 Å². The number of halogens is 1. The molecule has 1 saturated heterocycles. The summed E-state index contributed by atoms with van der Waals surface area (Å²) in [7, 11) is 2.18. The maximum atomic E-state index is 13.3. The molecule has 160 valence electrons. The third kappa shape index (κ3) is 4.65. The van der Waals surface area contributed by atoms with Crippen LogP contribution in [0.5, 0.6) is 0 Å². The van der Waals surface area contributed by atoms with Gasteiger partial charge in [-0.1, -0.05) is 12.1 Å². The zero-order valence-corrected chi connectivity index (χ0v) is 17.7. The molecule has 0 unspecified atom stereocenters. The lowest BCUT2D eigenvalue weighted by molar-refractivity contribution is 0.163. The molecule has 1 N–H and O–H groups in total. The van der Waals surface area contributed by atoms with Crippen LogP contribution in [0.15, 0.2) is 77.1 Å². The SMILES string of the molecule is CN1CCN(CC2=CN(Cc3ccc(F)cc3)NC(c3ccc4occc4c3)=C2)CC1. The zero-order chi connectivity index (χ0) is 21.2. The summed E-state index contributed by atoms with van der Waals surface area (Å²) >= 11 is 0. The van der Waals surface area contributed by atoms with Crippen LogP contribution in [-0.2, 0) is 6.54 Å². The predicted octanol–water partition coefficient (Wildman–Crippen LogP) is 4.06. The number of hydrogen-bond acceptors (Lipinski definition) is 5. The van der Waals surface area contributed by atoms with E-state index in [1.165, 1.54) is 17.7 Å². The van der Waals surface area contributed by atoms with E-state index in [1.54, 1.807) is 6.26 Å². The van der Waals surface area contributed by atoms with Gasteiger partial charge in [-0.15, -0.1) is 0 Å². The molecule has 0 bridgehead atoms. The maximum absolute atomic E-state index is 13.3. The van der Waals surface area contributed by atoms with E-state index in [0.29, 0.717) is 6.54 Å². The molecule has 3 aromatic rings. The van der Waals surface area contributed by atoms with Gasteiger partial charge in [0.05, 0.1) is 18.5 Å². The maximum Gasteiger partial charge on any atom is 0.133 e. The lowest BCUT2D eigenvalue weighted by Gasteiger charge is -2.35. The van der Waals surface area contributed by atoms with Crippen molar-refractivity contribution in [2.45, 2.75) is 6.54 Å². The lowest BCUT2D eigenvalue weighted by atomic mass is 10.1. The molecule has 3 heterocycles. The first-order valence-corrected chi connectivity index (χ1v) is 10.7. The Kier molecular flexibility index (Phi) is 5.49. The molecule has 2 aromatic carbocycles. The fourth-order valence-electron chi connectivity index (χ4n) is 4.15. The first kappa shape index (κ1) is 19.8. The Morgan fingerprint density at radius 2 is 1.77 bits per heavy atom. The number of rotatable bonds is 5. The molecule has 0 radical (unpaired) electrons. The van der Waals surface area contributed by atoms with Crippen LogP contribution in [0, 0.1) is 5.82 Å². The highest BCUT2D eigenvalue weighted by molar-refractivity contribution is 5.82. The number of nitrogens with one attached hydrogen (secondary N) is 1. The topological polar surface area (TPSA) is 34.9 Å². The van der Waals surface area contributed by atoms with E-state index >= 15 is 0 Å². The molecule has 5 rings (SSSR count). The Hall–Kier alpha value is -3.09. The van der Waals surface area contributed by atoms with Crippen molar-refractivity contribution in [3.63, 3.8) is 0 Å². The minimum atomic E-state index is -0.212. The van der Waals surface area contributed by atoms with E-state index in [-0.39, 0.29) is 5.82 Å². The van der Waals surface area contributed by atoms with Crippen LogP contribution < -0.4 is 5.43 Å². The van der Waals surface area contributed by atoms with Crippen LogP contribution in [0.25, 0.3) is 16.7 Å². The van der Waals surface area contributed by atoms with E-state index in [1.807, 2.05) is 24.3 Å². The minimum Gasteiger partial charge on any atom is -0.464 e. The number of benzene rings is 2. The zero-order valence-electron chi connectivity index (χ0n) is 17.7. The summed E-state index contributed by atoms with van der Waals surface area (Å²) in [6.45, 7) is 5.90. The second-order valence-electron chi connectivity index (χ2n) is 8.38. The number of hydrazine groups is 1. The van der Waals surface area contributed by atoms with E-state index < -0.39 is 0 Å². The third-order valence-electron chi connectivity index (χ3n) is 5.95. The summed E-state index contributed by atoms with van der Waals surface area (Å²) < 4.78 is 18.8. The van der Waals surface area contributed by atoms with Gasteiger partial charge >= 0.3 is 0 Å². The molecule has 0 spiro atoms. The van der Waals surface area contributed by atoms with E-state index in [0.717, 1.165) is 60.5 Å². The molecule has 31 heavy (non-hydrogen) atoms. The van der Waals surface area contributed by atoms with Crippen molar-refractivity contribution in [1.82, 2.24) is 20.2 Å². The Morgan fingerprint density at radius 3 is 2.58 bits per heavy atom. The van der Waals surface area contributed by atoms with Gasteiger partial charge in [0, 0.05) is 49.9 Å². The first-order valence-electron chi connectivity index (χ1n) is 10.7. The largest absolute Gasteiger partial charge is 0.464 e. The average molecular weight is 419 g/mol. The van der Waals surface area contributed by atoms with Gasteiger partial charge in [-0.25, -0.2) is 4.39 Å². The molecule has 0 atom stereocenters. The van der Waals surface area contributed by atoms with Gasteiger partial charge in [-0.2, -0.15) is 0 Å². The fourth-order valence-corrected chi connectivity index (χ4v) is 4.15. The van der Waals surface area contributed by atoms with Crippen LogP contribution in [0.4, 0.5) is 4.39 Å². The highest BCUT2D eigenvalue weighted by Gasteiger charge is 2.19. The van der Waals surface area contributed by atoms with E-state index in [2.05, 4.69) is 51.7 Å². The predicted molar refractivity (Wildman–Crippen MR) is 121 cm³/mol. The lowest BCUT2D eigenvalue weighted by Crippen LogP contribution is -2.45. The van der Waals surface area contributed by atoms with Gasteiger partial charge in [0.25, 0.3) is 0 Å². The molecule has 0 saturated carbocycles. The Balaban J connectivity index is 1.41. The highest BCUT2D eigenvalue weighted by Crippen LogP contribution is 2.25. The molecule has 1 aromatic heterocycles. The van der Waals surface area contributed by atoms with Gasteiger partial charge in [0.15, 0.2) is 0 Å². The minimum absolute atomic E-state index is 0.212. The van der Waals surface area contributed by atoms with Crippen molar-refractivity contribution in [2.75, 3.05) is 39.8 Å². The molecular formula is C25H27FN4O. The molecule has 2 aliphatic rings. The number of likely N-dealkylation sites (N-methyl/N-ethyl adjacent to an activating group) is 1. The quantitative estimate of drug-likeness (QED) is 0.676. The molecule has 0 amide bonds. The van der Waals surface area contributed by atoms with Gasteiger partial charge in [-0.3, -0.25) is 15.3 Å². The molecule has 0 aliphatic carbocycles. The second-order valence-corrected chi connectivity index (χ2v) is 8.38. The summed E-state index contributed by atoms with van der Waals surface area (Å²) in [6, 6.07) is 14.9. The Labute approximate surface area is 182 Å². The standard InChI is InChI=1S/C25H27FN4O/c1-28-9-11-29(12-10-28)16-20-14-24(21-4-7-25-22(15-21)8-13-31-25)27-30(18-20)17-19-2-5-23(26)6-3-19/h2-8,13-15,18,27H,9-12,16-17H2,1H3. The number of furan rings is 1. The second kappa shape index (κ2) is 8.57. The molecule has 1 fully saturated rings. The number of fused-ring (bicyclic) bond motifs is 1. The normalized spacial score (nSPS) is 18.1. The van der Waals surface area contributed by atoms with E-state index in [4.69, 9.17) is 4.42 Å². The van der Waals surface area contributed by atoms with Crippen LogP contribution in [0.2, 0.25) is 0 Å². The Morgan fingerprint density at radius 1 is 0.968 bits per heavy atom. The number of piperazine rings is 1. The average Bonchev–Trinajstić information content (AvgIpc) is 3.25.